The first kappa shape index (κ1) is 20.6. The summed E-state index contributed by atoms with van der Waals surface area (Å²) in [5, 5.41) is 14.5. The molecule has 5 heteroatoms. The Morgan fingerprint density at radius 3 is 2.72 bits per heavy atom. The first-order valence-corrected chi connectivity index (χ1v) is 11.3. The Balaban J connectivity index is 1.54. The van der Waals surface area contributed by atoms with Gasteiger partial charge in [-0.25, -0.2) is 10.2 Å². The van der Waals surface area contributed by atoms with Crippen molar-refractivity contribution in [3.05, 3.63) is 23.3 Å². The van der Waals surface area contributed by atoms with Crippen LogP contribution in [0.4, 0.5) is 4.79 Å². The number of nitrogens with zero attached hydrogens (tertiary/aromatic N) is 1. The molecule has 0 bridgehead atoms. The van der Waals surface area contributed by atoms with Crippen LogP contribution in [0.1, 0.15) is 72.6 Å². The fraction of sp³-hybridized carbons (Fsp3) is 0.750. The van der Waals surface area contributed by atoms with E-state index in [4.69, 9.17) is 4.74 Å². The van der Waals surface area contributed by atoms with E-state index in [1.807, 2.05) is 6.92 Å². The zero-order valence-electron chi connectivity index (χ0n) is 18.3. The minimum absolute atomic E-state index is 0.126. The molecule has 5 nitrogen and oxygen atoms in total. The van der Waals surface area contributed by atoms with Crippen molar-refractivity contribution in [1.82, 2.24) is 5.43 Å². The van der Waals surface area contributed by atoms with Gasteiger partial charge in [-0.15, -0.1) is 0 Å². The monoisotopic (exact) mass is 400 g/mol. The van der Waals surface area contributed by atoms with E-state index in [0.29, 0.717) is 18.4 Å². The van der Waals surface area contributed by atoms with Crippen molar-refractivity contribution in [2.45, 2.75) is 78.7 Å². The van der Waals surface area contributed by atoms with Gasteiger partial charge in [0, 0.05) is 0 Å². The summed E-state index contributed by atoms with van der Waals surface area (Å²) in [7, 11) is 0. The van der Waals surface area contributed by atoms with Gasteiger partial charge in [-0.3, -0.25) is 0 Å². The highest BCUT2D eigenvalue weighted by Gasteiger charge is 2.56. The Morgan fingerprint density at radius 1 is 1.21 bits per heavy atom. The standard InChI is InChI=1S/C24H36N2O3/c1-5-29-22(28)26-25-15(2)19-8-9-20-18-7-6-16-14-17(27)10-12-23(16,3)21(18)11-13-24(19,20)4/h6,8,17-18,20-21,27H,5,7,9-14H2,1-4H3,(H,26,28)/b25-15+/t17-,18+,20+,21-,23-,24+/m0/s1. The SMILES string of the molecule is CCOC(=O)N/N=C(\C)C1=CC[C@@H]2[C@H]3CC=C4C[C@@H](O)CC[C@]4(C)[C@H]3CC[C@]12C. The molecule has 0 aromatic rings. The number of fused-ring (bicyclic) bond motifs is 5. The van der Waals surface area contributed by atoms with E-state index in [1.54, 1.807) is 6.92 Å². The first-order valence-electron chi connectivity index (χ1n) is 11.3. The van der Waals surface area contributed by atoms with Crippen molar-refractivity contribution >= 4 is 11.8 Å². The van der Waals surface area contributed by atoms with E-state index in [2.05, 4.69) is 36.5 Å². The molecule has 0 aliphatic heterocycles. The quantitative estimate of drug-likeness (QED) is 0.399. The van der Waals surface area contributed by atoms with Gasteiger partial charge in [0.05, 0.1) is 18.4 Å². The minimum atomic E-state index is -0.492. The summed E-state index contributed by atoms with van der Waals surface area (Å²) < 4.78 is 4.93. The summed E-state index contributed by atoms with van der Waals surface area (Å²) in [5.41, 5.74) is 6.64. The molecule has 4 aliphatic rings. The Labute approximate surface area is 174 Å². The number of rotatable bonds is 3. The Bertz CT molecular complexity index is 770. The molecule has 4 rings (SSSR count). The van der Waals surface area contributed by atoms with Gasteiger partial charge >= 0.3 is 6.09 Å². The fourth-order valence-corrected chi connectivity index (χ4v) is 7.12. The molecule has 0 spiro atoms. The van der Waals surface area contributed by atoms with Crippen LogP contribution in [0.5, 0.6) is 0 Å². The molecule has 6 atom stereocenters. The third-order valence-electron chi connectivity index (χ3n) is 8.64. The van der Waals surface area contributed by atoms with Crippen LogP contribution in [-0.4, -0.2) is 29.6 Å². The van der Waals surface area contributed by atoms with Gasteiger partial charge < -0.3 is 9.84 Å². The highest BCUT2D eigenvalue weighted by atomic mass is 16.5. The molecule has 0 unspecified atom stereocenters. The van der Waals surface area contributed by atoms with Crippen molar-refractivity contribution < 1.29 is 14.6 Å². The second kappa shape index (κ2) is 7.57. The maximum Gasteiger partial charge on any atom is 0.427 e. The first-order chi connectivity index (χ1) is 13.8. The summed E-state index contributed by atoms with van der Waals surface area (Å²) in [4.78, 5) is 11.6. The zero-order valence-corrected chi connectivity index (χ0v) is 18.3. The Kier molecular flexibility index (Phi) is 5.39. The second-order valence-electron chi connectivity index (χ2n) is 10.00. The molecule has 1 amide bonds. The molecule has 0 heterocycles. The molecule has 29 heavy (non-hydrogen) atoms. The topological polar surface area (TPSA) is 70.9 Å². The fourth-order valence-electron chi connectivity index (χ4n) is 7.12. The average molecular weight is 401 g/mol. The summed E-state index contributed by atoms with van der Waals surface area (Å²) >= 11 is 0. The van der Waals surface area contributed by atoms with Gasteiger partial charge in [0.1, 0.15) is 0 Å². The van der Waals surface area contributed by atoms with Gasteiger partial charge in [0.25, 0.3) is 0 Å². The summed E-state index contributed by atoms with van der Waals surface area (Å²) in [6.07, 6.45) is 11.8. The molecule has 4 aliphatic carbocycles. The lowest BCUT2D eigenvalue weighted by Gasteiger charge is -2.57. The Hall–Kier alpha value is -1.62. The van der Waals surface area contributed by atoms with Crippen LogP contribution in [0.2, 0.25) is 0 Å². The van der Waals surface area contributed by atoms with Crippen LogP contribution in [0, 0.1) is 28.6 Å². The van der Waals surface area contributed by atoms with E-state index in [-0.39, 0.29) is 16.9 Å². The number of carbonyl (C=O) groups excluding carboxylic acids is 1. The predicted molar refractivity (Wildman–Crippen MR) is 114 cm³/mol. The minimum Gasteiger partial charge on any atom is -0.449 e. The highest BCUT2D eigenvalue weighted by Crippen LogP contribution is 2.65. The van der Waals surface area contributed by atoms with Crippen molar-refractivity contribution in [3.63, 3.8) is 0 Å². The molecule has 0 radical (unpaired) electrons. The smallest absolute Gasteiger partial charge is 0.427 e. The lowest BCUT2D eigenvalue weighted by molar-refractivity contribution is -0.0279. The molecule has 2 fully saturated rings. The number of hydrogen-bond donors (Lipinski definition) is 2. The third-order valence-corrected chi connectivity index (χ3v) is 8.64. The van der Waals surface area contributed by atoms with Gasteiger partial charge in [0.15, 0.2) is 0 Å². The zero-order chi connectivity index (χ0) is 20.8. The summed E-state index contributed by atoms with van der Waals surface area (Å²) in [6, 6.07) is 0. The van der Waals surface area contributed by atoms with Gasteiger partial charge in [-0.1, -0.05) is 31.6 Å². The van der Waals surface area contributed by atoms with Crippen molar-refractivity contribution in [1.29, 1.82) is 0 Å². The van der Waals surface area contributed by atoms with Crippen molar-refractivity contribution in [2.24, 2.45) is 33.7 Å². The maximum atomic E-state index is 11.6. The molecular formula is C24H36N2O3. The second-order valence-corrected chi connectivity index (χ2v) is 10.00. The molecular weight excluding hydrogens is 364 g/mol. The molecule has 0 saturated heterocycles. The molecule has 0 aromatic heterocycles. The number of ether oxygens (including phenoxy) is 1. The Morgan fingerprint density at radius 2 is 1.97 bits per heavy atom. The molecule has 0 aromatic carbocycles. The van der Waals surface area contributed by atoms with Crippen LogP contribution in [0.15, 0.2) is 28.4 Å². The number of aliphatic hydroxyl groups excluding tert-OH is 1. The van der Waals surface area contributed by atoms with Crippen LogP contribution in [0.25, 0.3) is 0 Å². The van der Waals surface area contributed by atoms with E-state index < -0.39 is 6.09 Å². The number of amides is 1. The van der Waals surface area contributed by atoms with Crippen LogP contribution in [-0.2, 0) is 4.74 Å². The molecule has 160 valence electrons. The van der Waals surface area contributed by atoms with Crippen molar-refractivity contribution in [2.75, 3.05) is 6.61 Å². The molecule has 2 saturated carbocycles. The average Bonchev–Trinajstić information content (AvgIpc) is 3.04. The number of hydrogen-bond acceptors (Lipinski definition) is 4. The normalized spacial score (nSPS) is 41.5. The summed E-state index contributed by atoms with van der Waals surface area (Å²) in [6.45, 7) is 9.00. The van der Waals surface area contributed by atoms with Crippen molar-refractivity contribution in [3.8, 4) is 0 Å². The van der Waals surface area contributed by atoms with Crippen LogP contribution >= 0.6 is 0 Å². The number of aliphatic hydroxyl groups is 1. The lowest BCUT2D eigenvalue weighted by atomic mass is 9.47. The van der Waals surface area contributed by atoms with Gasteiger partial charge in [-0.2, -0.15) is 5.10 Å². The maximum absolute atomic E-state index is 11.6. The van der Waals surface area contributed by atoms with Crippen LogP contribution in [0.3, 0.4) is 0 Å². The largest absolute Gasteiger partial charge is 0.449 e. The van der Waals surface area contributed by atoms with Gasteiger partial charge in [-0.05, 0) is 93.0 Å². The number of allylic oxidation sites excluding steroid dienone is 3. The number of carbonyl (C=O) groups is 1. The summed E-state index contributed by atoms with van der Waals surface area (Å²) in [5.74, 6) is 2.04. The van der Waals surface area contributed by atoms with Crippen LogP contribution < -0.4 is 5.43 Å². The number of nitrogens with one attached hydrogen (secondary N) is 1. The highest BCUT2D eigenvalue weighted by molar-refractivity contribution is 6.00. The van der Waals surface area contributed by atoms with Gasteiger partial charge in [0.2, 0.25) is 0 Å². The predicted octanol–water partition coefficient (Wildman–Crippen LogP) is 4.97. The van der Waals surface area contributed by atoms with E-state index in [1.165, 1.54) is 24.0 Å². The van der Waals surface area contributed by atoms with E-state index in [9.17, 15) is 9.90 Å². The number of hydrazone groups is 1. The lowest BCUT2D eigenvalue weighted by Crippen LogP contribution is -2.50. The van der Waals surface area contributed by atoms with E-state index in [0.717, 1.165) is 43.7 Å². The van der Waals surface area contributed by atoms with E-state index >= 15 is 0 Å². The molecule has 2 N–H and O–H groups in total. The third kappa shape index (κ3) is 3.35.